The van der Waals surface area contributed by atoms with Crippen molar-refractivity contribution in [3.8, 4) is 0 Å². The Hall–Kier alpha value is -2.30. The molecule has 1 aliphatic carbocycles. The number of nitrogens with one attached hydrogen (secondary N) is 1. The topological polar surface area (TPSA) is 107 Å². The minimum absolute atomic E-state index is 0.170. The van der Waals surface area contributed by atoms with Gasteiger partial charge in [0.25, 0.3) is 0 Å². The van der Waals surface area contributed by atoms with Crippen molar-refractivity contribution in [3.63, 3.8) is 0 Å². The van der Waals surface area contributed by atoms with E-state index in [1.54, 1.807) is 0 Å². The van der Waals surface area contributed by atoms with Crippen LogP contribution >= 0.6 is 0 Å². The van der Waals surface area contributed by atoms with E-state index in [1.165, 1.54) is 28.6 Å². The molecule has 3 fully saturated rings. The number of rotatable bonds is 5. The third-order valence-electron chi connectivity index (χ3n) is 6.47. The second-order valence-electron chi connectivity index (χ2n) is 8.54. The van der Waals surface area contributed by atoms with Gasteiger partial charge in [-0.05, 0) is 44.2 Å². The van der Waals surface area contributed by atoms with E-state index >= 15 is 0 Å². The molecule has 0 radical (unpaired) electrons. The highest BCUT2D eigenvalue weighted by atomic mass is 32.2. The van der Waals surface area contributed by atoms with E-state index in [0.29, 0.717) is 44.7 Å². The van der Waals surface area contributed by atoms with Gasteiger partial charge in [0.2, 0.25) is 27.7 Å². The van der Waals surface area contributed by atoms with Gasteiger partial charge in [0.05, 0.1) is 16.7 Å². The normalized spacial score (nSPS) is 25.5. The van der Waals surface area contributed by atoms with Gasteiger partial charge in [-0.15, -0.1) is 0 Å². The Labute approximate surface area is 182 Å². The van der Waals surface area contributed by atoms with Crippen molar-refractivity contribution in [3.05, 3.63) is 24.3 Å². The molecule has 1 N–H and O–H groups in total. The summed E-state index contributed by atoms with van der Waals surface area (Å²) in [4.78, 5) is 40.8. The summed E-state index contributed by atoms with van der Waals surface area (Å²) in [6.45, 7) is 1.94. The maximum atomic E-state index is 12.8. The van der Waals surface area contributed by atoms with Crippen LogP contribution in [0.2, 0.25) is 0 Å². The number of amides is 3. The van der Waals surface area contributed by atoms with Crippen LogP contribution in [-0.2, 0) is 24.4 Å². The lowest BCUT2D eigenvalue weighted by atomic mass is 9.81. The minimum Gasteiger partial charge on any atom is -0.325 e. The predicted octanol–water partition coefficient (Wildman–Crippen LogP) is 0.736. The van der Waals surface area contributed by atoms with Gasteiger partial charge in [-0.2, -0.15) is 4.31 Å². The maximum absolute atomic E-state index is 12.8. The van der Waals surface area contributed by atoms with Crippen LogP contribution in [0.4, 0.5) is 5.69 Å². The molecular formula is C21H28N4O5S. The molecule has 1 saturated carbocycles. The number of fused-ring (bicyclic) bond motifs is 1. The predicted molar refractivity (Wildman–Crippen MR) is 113 cm³/mol. The second kappa shape index (κ2) is 8.68. The Morgan fingerprint density at radius 2 is 1.52 bits per heavy atom. The van der Waals surface area contributed by atoms with E-state index in [9.17, 15) is 22.8 Å². The molecule has 2 saturated heterocycles. The van der Waals surface area contributed by atoms with Crippen LogP contribution in [0.3, 0.4) is 0 Å². The molecule has 3 amide bonds. The number of likely N-dealkylation sites (tertiary alicyclic amines) is 1. The smallest absolute Gasteiger partial charge is 0.244 e. The number of hydrogen-bond donors (Lipinski definition) is 1. The van der Waals surface area contributed by atoms with Gasteiger partial charge in [-0.3, -0.25) is 19.3 Å². The third kappa shape index (κ3) is 4.37. The number of hydrogen-bond acceptors (Lipinski definition) is 6. The molecule has 4 rings (SSSR count). The van der Waals surface area contributed by atoms with E-state index in [-0.39, 0.29) is 35.1 Å². The van der Waals surface area contributed by atoms with Gasteiger partial charge in [0.15, 0.2) is 0 Å². The van der Waals surface area contributed by atoms with Crippen molar-refractivity contribution in [2.75, 3.05) is 45.1 Å². The molecule has 0 spiro atoms. The van der Waals surface area contributed by atoms with Crippen molar-refractivity contribution < 1.29 is 22.8 Å². The molecular weight excluding hydrogens is 420 g/mol. The lowest BCUT2D eigenvalue weighted by Gasteiger charge is -2.31. The summed E-state index contributed by atoms with van der Waals surface area (Å²) in [5.41, 5.74) is 0.416. The molecule has 3 aliphatic rings. The van der Waals surface area contributed by atoms with Crippen LogP contribution in [0.1, 0.15) is 25.7 Å². The average molecular weight is 449 g/mol. The summed E-state index contributed by atoms with van der Waals surface area (Å²) in [5.74, 6) is -1.55. The van der Waals surface area contributed by atoms with Crippen LogP contribution in [0, 0.1) is 11.8 Å². The first-order valence-electron chi connectivity index (χ1n) is 10.7. The number of anilines is 1. The van der Waals surface area contributed by atoms with Gasteiger partial charge < -0.3 is 10.2 Å². The molecule has 10 heteroatoms. The quantitative estimate of drug-likeness (QED) is 0.666. The zero-order chi connectivity index (χ0) is 22.2. The summed E-state index contributed by atoms with van der Waals surface area (Å²) in [5, 5.41) is 2.66. The number of carbonyl (C=O) groups is 3. The summed E-state index contributed by atoms with van der Waals surface area (Å²) in [7, 11) is -1.62. The van der Waals surface area contributed by atoms with Crippen molar-refractivity contribution in [1.82, 2.24) is 14.1 Å². The third-order valence-corrected chi connectivity index (χ3v) is 8.39. The maximum Gasteiger partial charge on any atom is 0.244 e. The molecule has 1 aromatic rings. The molecule has 2 atom stereocenters. The fourth-order valence-electron chi connectivity index (χ4n) is 4.62. The molecule has 2 heterocycles. The zero-order valence-electron chi connectivity index (χ0n) is 17.6. The Balaban J connectivity index is 1.37. The van der Waals surface area contributed by atoms with Crippen molar-refractivity contribution in [2.24, 2.45) is 11.8 Å². The fourth-order valence-corrected chi connectivity index (χ4v) is 6.04. The van der Waals surface area contributed by atoms with Crippen LogP contribution in [-0.4, -0.2) is 80.0 Å². The first kappa shape index (κ1) is 21.9. The number of sulfonamides is 1. The van der Waals surface area contributed by atoms with Gasteiger partial charge >= 0.3 is 0 Å². The van der Waals surface area contributed by atoms with Gasteiger partial charge in [-0.25, -0.2) is 8.42 Å². The van der Waals surface area contributed by atoms with E-state index in [2.05, 4.69) is 10.2 Å². The Morgan fingerprint density at radius 3 is 2.06 bits per heavy atom. The molecule has 0 bridgehead atoms. The summed E-state index contributed by atoms with van der Waals surface area (Å²) in [6, 6.07) is 5.97. The van der Waals surface area contributed by atoms with Gasteiger partial charge in [0, 0.05) is 31.9 Å². The average Bonchev–Trinajstić information content (AvgIpc) is 2.99. The molecule has 9 nitrogen and oxygen atoms in total. The molecule has 2 unspecified atom stereocenters. The van der Waals surface area contributed by atoms with Crippen molar-refractivity contribution in [1.29, 1.82) is 0 Å². The Kier molecular flexibility index (Phi) is 6.14. The lowest BCUT2D eigenvalue weighted by Crippen LogP contribution is -2.46. The summed E-state index contributed by atoms with van der Waals surface area (Å²) in [6.07, 6.45) is 3.28. The fraction of sp³-hybridized carbons (Fsp3) is 0.571. The van der Waals surface area contributed by atoms with Crippen LogP contribution in [0.15, 0.2) is 29.2 Å². The first-order chi connectivity index (χ1) is 14.8. The molecule has 31 heavy (non-hydrogen) atoms. The van der Waals surface area contributed by atoms with E-state index in [4.69, 9.17) is 0 Å². The van der Waals surface area contributed by atoms with E-state index in [1.807, 2.05) is 7.05 Å². The molecule has 0 aromatic heterocycles. The number of piperazine rings is 1. The SMILES string of the molecule is CN1CCN(S(=O)(=O)c2ccc(NC(=O)CN3C(=O)C4CCCCC4C3=O)cc2)CC1. The lowest BCUT2D eigenvalue weighted by molar-refractivity contribution is -0.142. The zero-order valence-corrected chi connectivity index (χ0v) is 18.4. The first-order valence-corrected chi connectivity index (χ1v) is 12.2. The van der Waals surface area contributed by atoms with E-state index in [0.717, 1.165) is 17.7 Å². The monoisotopic (exact) mass is 448 g/mol. The molecule has 2 aliphatic heterocycles. The highest BCUT2D eigenvalue weighted by molar-refractivity contribution is 7.89. The Morgan fingerprint density at radius 1 is 0.968 bits per heavy atom. The number of imide groups is 1. The largest absolute Gasteiger partial charge is 0.325 e. The minimum atomic E-state index is -3.58. The molecule has 1 aromatic carbocycles. The van der Waals surface area contributed by atoms with Crippen LogP contribution < -0.4 is 5.32 Å². The van der Waals surface area contributed by atoms with Crippen LogP contribution in [0.5, 0.6) is 0 Å². The number of nitrogens with zero attached hydrogens (tertiary/aromatic N) is 3. The number of benzene rings is 1. The van der Waals surface area contributed by atoms with Gasteiger partial charge in [0.1, 0.15) is 6.54 Å². The summed E-state index contributed by atoms with van der Waals surface area (Å²) >= 11 is 0. The highest BCUT2D eigenvalue weighted by Crippen LogP contribution is 2.37. The number of likely N-dealkylation sites (N-methyl/N-ethyl adjacent to an activating group) is 1. The van der Waals surface area contributed by atoms with Gasteiger partial charge in [-0.1, -0.05) is 12.8 Å². The second-order valence-corrected chi connectivity index (χ2v) is 10.5. The summed E-state index contributed by atoms with van der Waals surface area (Å²) < 4.78 is 27.0. The van der Waals surface area contributed by atoms with Crippen LogP contribution in [0.25, 0.3) is 0 Å². The van der Waals surface area contributed by atoms with Crippen molar-refractivity contribution in [2.45, 2.75) is 30.6 Å². The molecule has 168 valence electrons. The van der Waals surface area contributed by atoms with E-state index < -0.39 is 15.9 Å². The highest BCUT2D eigenvalue weighted by Gasteiger charge is 2.48. The van der Waals surface area contributed by atoms with Crippen molar-refractivity contribution >= 4 is 33.4 Å². The Bertz CT molecular complexity index is 946. The number of carbonyl (C=O) groups excluding carboxylic acids is 3. The standard InChI is InChI=1S/C21H28N4O5S/c1-23-10-12-24(13-11-23)31(29,30)16-8-6-15(7-9-16)22-19(26)14-25-20(27)17-4-2-3-5-18(17)21(25)28/h6-9,17-18H,2-5,10-14H2,1H3,(H,22,26).